The van der Waals surface area contributed by atoms with Gasteiger partial charge in [-0.25, -0.2) is 4.79 Å². The van der Waals surface area contributed by atoms with Crippen LogP contribution in [-0.2, 0) is 19.0 Å². The van der Waals surface area contributed by atoms with Crippen molar-refractivity contribution in [2.45, 2.75) is 26.4 Å². The van der Waals surface area contributed by atoms with Crippen molar-refractivity contribution < 1.29 is 26.9 Å². The van der Waals surface area contributed by atoms with E-state index < -0.39 is 21.8 Å². The molecule has 3 aromatic rings. The van der Waals surface area contributed by atoms with E-state index >= 15 is 0 Å². The topological polar surface area (TPSA) is 82.1 Å². The minimum atomic E-state index is -3.47. The number of carbonyl (C=O) groups excluding carboxylic acids is 1. The van der Waals surface area contributed by atoms with E-state index in [0.29, 0.717) is 5.75 Å². The van der Waals surface area contributed by atoms with E-state index in [1.54, 1.807) is 7.05 Å². The van der Waals surface area contributed by atoms with Gasteiger partial charge in [-0.1, -0.05) is 30.3 Å². The van der Waals surface area contributed by atoms with Gasteiger partial charge < -0.3 is 9.47 Å². The molecule has 0 aromatic heterocycles. The molecule has 33 heavy (non-hydrogen) atoms. The van der Waals surface area contributed by atoms with E-state index in [2.05, 4.69) is 10.2 Å². The third-order valence-electron chi connectivity index (χ3n) is 4.72. The smallest absolute Gasteiger partial charge is 0.414 e. The summed E-state index contributed by atoms with van der Waals surface area (Å²) in [7, 11) is -1.78. The van der Waals surface area contributed by atoms with Crippen LogP contribution in [0.2, 0.25) is 0 Å². The summed E-state index contributed by atoms with van der Waals surface area (Å²) in [5.41, 5.74) is 2.27. The third-order valence-corrected chi connectivity index (χ3v) is 5.31. The highest BCUT2D eigenvalue weighted by atomic mass is 32.2. The fourth-order valence-electron chi connectivity index (χ4n) is 3.15. The maximum Gasteiger partial charge on any atom is 0.414 e. The van der Waals surface area contributed by atoms with Gasteiger partial charge in [-0.15, -0.1) is 0 Å². The highest BCUT2D eigenvalue weighted by molar-refractivity contribution is 7.85. The lowest BCUT2D eigenvalue weighted by molar-refractivity contribution is 0.0589. The van der Waals surface area contributed by atoms with E-state index in [0.717, 1.165) is 33.8 Å². The first kappa shape index (κ1) is 24.5. The summed E-state index contributed by atoms with van der Waals surface area (Å²) < 4.78 is 37.7. The molecule has 0 unspecified atom stereocenters. The van der Waals surface area contributed by atoms with Gasteiger partial charge in [0, 0.05) is 12.7 Å². The highest BCUT2D eigenvalue weighted by Gasteiger charge is 2.20. The molecule has 0 saturated heterocycles. The maximum absolute atomic E-state index is 12.3. The summed E-state index contributed by atoms with van der Waals surface area (Å²) in [6, 6.07) is 19.5. The van der Waals surface area contributed by atoms with Crippen LogP contribution < -0.4 is 9.64 Å². The molecule has 7 nitrogen and oxygen atoms in total. The van der Waals surface area contributed by atoms with E-state index in [1.807, 2.05) is 75.4 Å². The molecule has 176 valence electrons. The molecule has 1 amide bonds. The first-order valence-electron chi connectivity index (χ1n) is 10.5. The van der Waals surface area contributed by atoms with Crippen molar-refractivity contribution in [3.63, 3.8) is 0 Å². The van der Waals surface area contributed by atoms with Gasteiger partial charge in [0.25, 0.3) is 10.1 Å². The third kappa shape index (κ3) is 7.20. The van der Waals surface area contributed by atoms with Crippen molar-refractivity contribution in [1.82, 2.24) is 0 Å². The number of hydrogen-bond acceptors (Lipinski definition) is 6. The number of amides is 1. The number of nitrogens with zero attached hydrogens (tertiary/aromatic N) is 1. The molecule has 0 radical (unpaired) electrons. The molecule has 0 saturated carbocycles. The summed E-state index contributed by atoms with van der Waals surface area (Å²) in [4.78, 5) is 13.8. The molecule has 0 heterocycles. The fraction of sp³-hybridized carbons (Fsp3) is 0.320. The monoisotopic (exact) mass is 471 g/mol. The molecule has 0 bridgehead atoms. The second-order valence-corrected chi connectivity index (χ2v) is 10.3. The Morgan fingerprint density at radius 1 is 0.879 bits per heavy atom. The maximum atomic E-state index is 12.3. The van der Waals surface area contributed by atoms with E-state index in [1.165, 1.54) is 4.90 Å². The number of benzene rings is 3. The van der Waals surface area contributed by atoms with Gasteiger partial charge in [0.15, 0.2) is 0 Å². The number of fused-ring (bicyclic) bond motifs is 1. The van der Waals surface area contributed by atoms with Gasteiger partial charge in [-0.2, -0.15) is 8.42 Å². The number of ether oxygens (including phenoxy) is 2. The van der Waals surface area contributed by atoms with Crippen molar-refractivity contribution in [2.24, 2.45) is 0 Å². The second-order valence-electron chi connectivity index (χ2n) is 8.68. The van der Waals surface area contributed by atoms with Gasteiger partial charge >= 0.3 is 6.09 Å². The fourth-order valence-corrected chi connectivity index (χ4v) is 3.52. The lowest BCUT2D eigenvalue weighted by Crippen LogP contribution is -2.34. The van der Waals surface area contributed by atoms with E-state index in [9.17, 15) is 13.2 Å². The van der Waals surface area contributed by atoms with Crippen LogP contribution in [0.15, 0.2) is 60.7 Å². The molecule has 3 aromatic carbocycles. The molecule has 0 fully saturated rings. The minimum Gasteiger partial charge on any atom is -0.491 e. The summed E-state index contributed by atoms with van der Waals surface area (Å²) in [6.07, 6.45) is 0.606. The summed E-state index contributed by atoms with van der Waals surface area (Å²) in [5, 5.41) is 2.05. The number of rotatable bonds is 7. The molecule has 0 aliphatic rings. The van der Waals surface area contributed by atoms with E-state index in [-0.39, 0.29) is 13.2 Å². The Bertz CT molecular complexity index is 1230. The number of hydrogen-bond donors (Lipinski definition) is 0. The molecule has 0 aliphatic heterocycles. The molecule has 8 heteroatoms. The quantitative estimate of drug-likeness (QED) is 0.347. The average molecular weight is 472 g/mol. The first-order chi connectivity index (χ1) is 15.4. The molecule has 3 rings (SSSR count). The Labute approximate surface area is 195 Å². The second kappa shape index (κ2) is 9.80. The lowest BCUT2D eigenvalue weighted by atomic mass is 10.0. The van der Waals surface area contributed by atoms with Gasteiger partial charge in [-0.05, 0) is 73.0 Å². The molecular weight excluding hydrogens is 442 g/mol. The standard InChI is InChI=1S/C25H29NO6S/c1-25(2,3)32-24(27)26(4)22-11-8-18(9-12-22)19-6-7-21-17-23(13-10-20(21)16-19)30-14-15-31-33(5,28)29/h6-13,16-17H,14-15H2,1-5H3. The Kier molecular flexibility index (Phi) is 7.29. The summed E-state index contributed by atoms with van der Waals surface area (Å²) >= 11 is 0. The predicted molar refractivity (Wildman–Crippen MR) is 130 cm³/mol. The average Bonchev–Trinajstić information content (AvgIpc) is 2.74. The Balaban J connectivity index is 1.69. The van der Waals surface area contributed by atoms with Crippen LogP contribution in [0.1, 0.15) is 20.8 Å². The Hall–Kier alpha value is -3.10. The molecule has 0 spiro atoms. The van der Waals surface area contributed by atoms with Gasteiger partial charge in [0.1, 0.15) is 24.6 Å². The normalized spacial score (nSPS) is 11.9. The first-order valence-corrected chi connectivity index (χ1v) is 12.3. The van der Waals surface area contributed by atoms with Crippen molar-refractivity contribution in [2.75, 3.05) is 31.4 Å². The van der Waals surface area contributed by atoms with E-state index in [4.69, 9.17) is 9.47 Å². The zero-order valence-corrected chi connectivity index (χ0v) is 20.3. The van der Waals surface area contributed by atoms with Crippen molar-refractivity contribution >= 4 is 32.7 Å². The van der Waals surface area contributed by atoms with Crippen molar-refractivity contribution in [1.29, 1.82) is 0 Å². The van der Waals surface area contributed by atoms with Crippen LogP contribution in [-0.4, -0.2) is 46.6 Å². The molecule has 0 atom stereocenters. The Morgan fingerprint density at radius 2 is 1.48 bits per heavy atom. The molecule has 0 aliphatic carbocycles. The predicted octanol–water partition coefficient (Wildman–Crippen LogP) is 5.23. The van der Waals surface area contributed by atoms with Crippen LogP contribution in [0.4, 0.5) is 10.5 Å². The van der Waals surface area contributed by atoms with Gasteiger partial charge in [0.2, 0.25) is 0 Å². The largest absolute Gasteiger partial charge is 0.491 e. The number of anilines is 1. The van der Waals surface area contributed by atoms with Crippen LogP contribution >= 0.6 is 0 Å². The zero-order valence-electron chi connectivity index (χ0n) is 19.5. The van der Waals surface area contributed by atoms with Crippen LogP contribution in [0.5, 0.6) is 5.75 Å². The number of carbonyl (C=O) groups is 1. The SMILES string of the molecule is CN(C(=O)OC(C)(C)C)c1ccc(-c2ccc3cc(OCCOS(C)(=O)=O)ccc3c2)cc1. The minimum absolute atomic E-state index is 0.0328. The van der Waals surface area contributed by atoms with Crippen LogP contribution in [0.25, 0.3) is 21.9 Å². The van der Waals surface area contributed by atoms with Gasteiger partial charge in [-0.3, -0.25) is 9.08 Å². The zero-order chi connectivity index (χ0) is 24.2. The van der Waals surface area contributed by atoms with Gasteiger partial charge in [0.05, 0.1) is 6.26 Å². The molecular formula is C25H29NO6S. The van der Waals surface area contributed by atoms with Crippen LogP contribution in [0.3, 0.4) is 0 Å². The summed E-state index contributed by atoms with van der Waals surface area (Å²) in [6.45, 7) is 5.62. The lowest BCUT2D eigenvalue weighted by Gasteiger charge is -2.24. The highest BCUT2D eigenvalue weighted by Crippen LogP contribution is 2.28. The van der Waals surface area contributed by atoms with Crippen LogP contribution in [0, 0.1) is 0 Å². The van der Waals surface area contributed by atoms with Crippen molar-refractivity contribution in [3.05, 3.63) is 60.7 Å². The summed E-state index contributed by atoms with van der Waals surface area (Å²) in [5.74, 6) is 0.641. The van der Waals surface area contributed by atoms with Crippen molar-refractivity contribution in [3.8, 4) is 16.9 Å². The molecule has 0 N–H and O–H groups in total. The Morgan fingerprint density at radius 3 is 2.12 bits per heavy atom.